The monoisotopic (exact) mass is 459 g/mol. The molecule has 0 saturated carbocycles. The van der Waals surface area contributed by atoms with Crippen LogP contribution in [-0.2, 0) is 11.2 Å². The van der Waals surface area contributed by atoms with E-state index in [1.165, 1.54) is 0 Å². The van der Waals surface area contributed by atoms with Crippen molar-refractivity contribution in [2.75, 3.05) is 5.32 Å². The number of imidazole rings is 1. The number of nitrogens with zero attached hydrogens (tertiary/aromatic N) is 3. The fourth-order valence-electron chi connectivity index (χ4n) is 5.03. The number of amides is 1. The van der Waals surface area contributed by atoms with Gasteiger partial charge in [-0.25, -0.2) is 9.97 Å². The Balaban J connectivity index is 1.34. The van der Waals surface area contributed by atoms with E-state index in [9.17, 15) is 14.7 Å². The molecule has 1 amide bonds. The molecule has 0 unspecified atom stereocenters. The minimum atomic E-state index is -0.410. The van der Waals surface area contributed by atoms with Gasteiger partial charge in [0.1, 0.15) is 5.65 Å². The predicted molar refractivity (Wildman–Crippen MR) is 135 cm³/mol. The predicted octanol–water partition coefficient (Wildman–Crippen LogP) is 4.36. The third kappa shape index (κ3) is 2.80. The second-order valence-corrected chi connectivity index (χ2v) is 8.58. The summed E-state index contributed by atoms with van der Waals surface area (Å²) in [7, 11) is 0. The second kappa shape index (κ2) is 7.01. The second-order valence-electron chi connectivity index (χ2n) is 8.58. The lowest BCUT2D eigenvalue weighted by Gasteiger charge is -2.08. The fraction of sp³-hybridized carbons (Fsp3) is 0.0370. The molecule has 3 N–H and O–H groups in total. The maximum Gasteiger partial charge on any atom is 0.259 e. The van der Waals surface area contributed by atoms with Crippen LogP contribution < -0.4 is 10.9 Å². The molecule has 4 aromatic heterocycles. The van der Waals surface area contributed by atoms with E-state index in [0.29, 0.717) is 44.0 Å². The van der Waals surface area contributed by atoms with Gasteiger partial charge in [-0.2, -0.15) is 0 Å². The molecule has 7 rings (SSSR count). The summed E-state index contributed by atoms with van der Waals surface area (Å²) in [5, 5.41) is 17.5. The lowest BCUT2D eigenvalue weighted by atomic mass is 10.0. The molecule has 0 atom stereocenters. The molecular weight excluding hydrogens is 442 g/mol. The maximum absolute atomic E-state index is 12.9. The minimum Gasteiger partial charge on any atom is -0.494 e. The first kappa shape index (κ1) is 19.5. The smallest absolute Gasteiger partial charge is 0.259 e. The molecule has 168 valence electrons. The third-order valence-corrected chi connectivity index (χ3v) is 6.52. The topological polar surface area (TPSA) is 112 Å². The number of H-pyrrole nitrogens is 1. The molecule has 0 saturated heterocycles. The number of carbonyl (C=O) groups is 1. The SMILES string of the molecule is O=C(Cc1cccc2ccccc12)Nc1ccc2nc3c(c2c1)c1c(=O)[nH]c(O)c1c1nccn13. The first-order chi connectivity index (χ1) is 17.1. The highest BCUT2D eigenvalue weighted by Gasteiger charge is 2.22. The molecule has 0 bridgehead atoms. The van der Waals surface area contributed by atoms with Crippen LogP contribution in [0, 0.1) is 0 Å². The van der Waals surface area contributed by atoms with Crippen LogP contribution in [0.1, 0.15) is 5.56 Å². The molecule has 0 aliphatic heterocycles. The highest BCUT2D eigenvalue weighted by molar-refractivity contribution is 6.23. The number of hydrogen-bond donors (Lipinski definition) is 3. The third-order valence-electron chi connectivity index (χ3n) is 6.52. The van der Waals surface area contributed by atoms with Gasteiger partial charge in [0.15, 0.2) is 5.65 Å². The van der Waals surface area contributed by atoms with Crippen LogP contribution in [0.25, 0.3) is 49.1 Å². The van der Waals surface area contributed by atoms with E-state index in [2.05, 4.69) is 15.3 Å². The van der Waals surface area contributed by atoms with Gasteiger partial charge in [0.25, 0.3) is 5.56 Å². The summed E-state index contributed by atoms with van der Waals surface area (Å²) < 4.78 is 1.75. The molecule has 35 heavy (non-hydrogen) atoms. The number of aromatic nitrogens is 4. The Labute approximate surface area is 196 Å². The van der Waals surface area contributed by atoms with Crippen molar-refractivity contribution in [2.45, 2.75) is 6.42 Å². The van der Waals surface area contributed by atoms with Gasteiger partial charge < -0.3 is 10.4 Å². The Kier molecular flexibility index (Phi) is 3.90. The van der Waals surface area contributed by atoms with Crippen LogP contribution in [0.2, 0.25) is 0 Å². The van der Waals surface area contributed by atoms with E-state index in [4.69, 9.17) is 4.98 Å². The normalized spacial score (nSPS) is 11.9. The summed E-state index contributed by atoms with van der Waals surface area (Å²) in [5.74, 6) is -0.368. The molecule has 0 aliphatic carbocycles. The number of anilines is 1. The zero-order valence-electron chi connectivity index (χ0n) is 18.2. The standard InChI is InChI=1S/C27H17N5O3/c33-20(12-15-6-3-5-14-4-1-2-7-17(14)15)29-16-8-9-19-18(13-16)21-22-23(27(35)31-26(22)34)24-28-10-11-32(24)25(21)30-19/h1-11,13,35H,12H2,(H,29,33)(H,31,34). The summed E-state index contributed by atoms with van der Waals surface area (Å²) in [5.41, 5.74) is 2.83. The summed E-state index contributed by atoms with van der Waals surface area (Å²) in [4.78, 5) is 37.2. The first-order valence-corrected chi connectivity index (χ1v) is 11.1. The van der Waals surface area contributed by atoms with Crippen molar-refractivity contribution < 1.29 is 9.90 Å². The summed E-state index contributed by atoms with van der Waals surface area (Å²) in [6.45, 7) is 0. The molecule has 8 heteroatoms. The van der Waals surface area contributed by atoms with Gasteiger partial charge in [0.2, 0.25) is 11.8 Å². The highest BCUT2D eigenvalue weighted by atomic mass is 16.3. The lowest BCUT2D eigenvalue weighted by molar-refractivity contribution is -0.115. The average Bonchev–Trinajstić information content (AvgIpc) is 3.54. The van der Waals surface area contributed by atoms with Gasteiger partial charge in [-0.1, -0.05) is 42.5 Å². The van der Waals surface area contributed by atoms with Gasteiger partial charge in [-0.15, -0.1) is 0 Å². The molecule has 0 fully saturated rings. The molecule has 0 aliphatic rings. The molecule has 0 radical (unpaired) electrons. The van der Waals surface area contributed by atoms with Crippen molar-refractivity contribution >= 4 is 60.7 Å². The van der Waals surface area contributed by atoms with E-state index in [1.807, 2.05) is 54.6 Å². The van der Waals surface area contributed by atoms with Crippen LogP contribution in [0.3, 0.4) is 0 Å². The summed E-state index contributed by atoms with van der Waals surface area (Å²) >= 11 is 0. The average molecular weight is 459 g/mol. The highest BCUT2D eigenvalue weighted by Crippen LogP contribution is 2.36. The van der Waals surface area contributed by atoms with Crippen LogP contribution in [0.5, 0.6) is 5.88 Å². The van der Waals surface area contributed by atoms with Crippen LogP contribution in [-0.4, -0.2) is 30.4 Å². The Hall–Kier alpha value is -4.98. The van der Waals surface area contributed by atoms with E-state index in [1.54, 1.807) is 22.9 Å². The molecule has 3 aromatic carbocycles. The van der Waals surface area contributed by atoms with Gasteiger partial charge in [-0.05, 0) is 34.5 Å². The Morgan fingerprint density at radius 1 is 0.971 bits per heavy atom. The van der Waals surface area contributed by atoms with Crippen molar-refractivity contribution in [3.05, 3.63) is 89.0 Å². The van der Waals surface area contributed by atoms with Gasteiger partial charge >= 0.3 is 0 Å². The van der Waals surface area contributed by atoms with Crippen LogP contribution in [0.15, 0.2) is 77.9 Å². The first-order valence-electron chi connectivity index (χ1n) is 11.1. The summed E-state index contributed by atoms with van der Waals surface area (Å²) in [6.07, 6.45) is 3.58. The number of benzene rings is 3. The fourth-order valence-corrected chi connectivity index (χ4v) is 5.03. The van der Waals surface area contributed by atoms with Crippen molar-refractivity contribution in [1.29, 1.82) is 0 Å². The number of hydrogen-bond acceptors (Lipinski definition) is 5. The van der Waals surface area contributed by atoms with Crippen molar-refractivity contribution in [3.63, 3.8) is 0 Å². The maximum atomic E-state index is 12.9. The Bertz CT molecular complexity index is 2020. The molecule has 7 aromatic rings. The van der Waals surface area contributed by atoms with E-state index in [0.717, 1.165) is 16.3 Å². The number of aromatic hydroxyl groups is 1. The quantitative estimate of drug-likeness (QED) is 0.364. The number of nitrogens with one attached hydrogen (secondary N) is 2. The Morgan fingerprint density at radius 3 is 2.74 bits per heavy atom. The zero-order chi connectivity index (χ0) is 23.7. The molecule has 8 nitrogen and oxygen atoms in total. The van der Waals surface area contributed by atoms with Crippen LogP contribution >= 0.6 is 0 Å². The van der Waals surface area contributed by atoms with E-state index in [-0.39, 0.29) is 18.2 Å². The number of rotatable bonds is 3. The molecule has 4 heterocycles. The summed E-state index contributed by atoms with van der Waals surface area (Å²) in [6, 6.07) is 19.3. The van der Waals surface area contributed by atoms with E-state index < -0.39 is 5.56 Å². The molecular formula is C27H17N5O3. The minimum absolute atomic E-state index is 0.143. The number of pyridine rings is 1. The van der Waals surface area contributed by atoms with Gasteiger partial charge in [-0.3, -0.25) is 19.0 Å². The largest absolute Gasteiger partial charge is 0.494 e. The van der Waals surface area contributed by atoms with Gasteiger partial charge in [0.05, 0.1) is 22.7 Å². The number of aromatic amines is 1. The zero-order valence-corrected chi connectivity index (χ0v) is 18.2. The van der Waals surface area contributed by atoms with Crippen molar-refractivity contribution in [2.24, 2.45) is 0 Å². The lowest BCUT2D eigenvalue weighted by Crippen LogP contribution is -2.14. The van der Waals surface area contributed by atoms with E-state index >= 15 is 0 Å². The number of carbonyl (C=O) groups excluding carboxylic acids is 1. The van der Waals surface area contributed by atoms with Gasteiger partial charge in [0, 0.05) is 28.9 Å². The Morgan fingerprint density at radius 2 is 1.83 bits per heavy atom. The molecule has 0 spiro atoms. The number of fused-ring (bicyclic) bond motifs is 9. The van der Waals surface area contributed by atoms with Crippen LogP contribution in [0.4, 0.5) is 5.69 Å². The van der Waals surface area contributed by atoms with Crippen molar-refractivity contribution in [3.8, 4) is 5.88 Å². The van der Waals surface area contributed by atoms with Crippen molar-refractivity contribution in [1.82, 2.24) is 19.4 Å².